The van der Waals surface area contributed by atoms with E-state index in [1.807, 2.05) is 54.6 Å². The molecule has 3 rings (SSSR count). The summed E-state index contributed by atoms with van der Waals surface area (Å²) in [6.07, 6.45) is 0. The van der Waals surface area contributed by atoms with Gasteiger partial charge in [-0.05, 0) is 34.9 Å². The van der Waals surface area contributed by atoms with Crippen molar-refractivity contribution in [1.82, 2.24) is 0 Å². The Labute approximate surface area is 153 Å². The Hall–Kier alpha value is -3.27. The Morgan fingerprint density at radius 3 is 2.42 bits per heavy atom. The van der Waals surface area contributed by atoms with E-state index >= 15 is 0 Å². The number of carbonyl (C=O) groups is 1. The first-order valence-corrected chi connectivity index (χ1v) is 8.36. The van der Waals surface area contributed by atoms with Crippen molar-refractivity contribution in [3.63, 3.8) is 0 Å². The molecule has 0 heterocycles. The second-order valence-electron chi connectivity index (χ2n) is 5.82. The van der Waals surface area contributed by atoms with E-state index in [0.717, 1.165) is 28.1 Å². The van der Waals surface area contributed by atoms with Crippen molar-refractivity contribution >= 4 is 11.7 Å². The summed E-state index contributed by atoms with van der Waals surface area (Å²) in [6, 6.07) is 23.4. The number of nitrogens with one attached hydrogen (secondary N) is 1. The number of hydrogen-bond donors (Lipinski definition) is 1. The summed E-state index contributed by atoms with van der Waals surface area (Å²) < 4.78 is 10.1. The molecule has 0 aliphatic heterocycles. The fourth-order valence-electron chi connectivity index (χ4n) is 2.76. The van der Waals surface area contributed by atoms with Crippen molar-refractivity contribution in [1.29, 1.82) is 0 Å². The zero-order valence-corrected chi connectivity index (χ0v) is 14.9. The molecule has 0 radical (unpaired) electrons. The van der Waals surface area contributed by atoms with Gasteiger partial charge in [-0.2, -0.15) is 0 Å². The lowest BCUT2D eigenvalue weighted by Crippen LogP contribution is -2.03. The van der Waals surface area contributed by atoms with Crippen molar-refractivity contribution in [2.45, 2.75) is 6.54 Å². The second kappa shape index (κ2) is 8.21. The van der Waals surface area contributed by atoms with Gasteiger partial charge in [0, 0.05) is 18.3 Å². The molecule has 0 amide bonds. The van der Waals surface area contributed by atoms with Gasteiger partial charge in [0.05, 0.1) is 19.8 Å². The average molecular weight is 347 g/mol. The fraction of sp³-hybridized carbons (Fsp3) is 0.136. The molecule has 3 aromatic rings. The molecular weight excluding hydrogens is 326 g/mol. The first-order chi connectivity index (χ1) is 12.7. The number of rotatable bonds is 6. The van der Waals surface area contributed by atoms with E-state index < -0.39 is 0 Å². The maximum atomic E-state index is 11.9. The first-order valence-electron chi connectivity index (χ1n) is 8.36. The first kappa shape index (κ1) is 17.5. The number of esters is 1. The van der Waals surface area contributed by atoms with Crippen LogP contribution < -0.4 is 10.1 Å². The molecule has 0 unspecified atom stereocenters. The van der Waals surface area contributed by atoms with Gasteiger partial charge in [-0.3, -0.25) is 0 Å². The third-order valence-corrected chi connectivity index (χ3v) is 4.16. The van der Waals surface area contributed by atoms with Crippen LogP contribution in [0.1, 0.15) is 15.9 Å². The fourth-order valence-corrected chi connectivity index (χ4v) is 2.76. The minimum Gasteiger partial charge on any atom is -0.497 e. The van der Waals surface area contributed by atoms with E-state index in [1.165, 1.54) is 7.11 Å². The lowest BCUT2D eigenvalue weighted by Gasteiger charge is -2.10. The molecule has 0 spiro atoms. The third-order valence-electron chi connectivity index (χ3n) is 4.16. The van der Waals surface area contributed by atoms with Crippen molar-refractivity contribution in [3.8, 4) is 16.9 Å². The van der Waals surface area contributed by atoms with Crippen molar-refractivity contribution in [2.75, 3.05) is 19.5 Å². The van der Waals surface area contributed by atoms with Gasteiger partial charge in [0.1, 0.15) is 5.75 Å². The lowest BCUT2D eigenvalue weighted by molar-refractivity contribution is 0.0601. The van der Waals surface area contributed by atoms with Gasteiger partial charge in [-0.25, -0.2) is 4.79 Å². The normalized spacial score (nSPS) is 10.2. The molecule has 0 saturated carbocycles. The summed E-state index contributed by atoms with van der Waals surface area (Å²) in [7, 11) is 3.05. The van der Waals surface area contributed by atoms with Crippen LogP contribution in [0, 0.1) is 0 Å². The average Bonchev–Trinajstić information content (AvgIpc) is 2.72. The highest BCUT2D eigenvalue weighted by molar-refractivity contribution is 5.97. The van der Waals surface area contributed by atoms with Crippen LogP contribution in [0.4, 0.5) is 5.69 Å². The van der Waals surface area contributed by atoms with Gasteiger partial charge >= 0.3 is 5.97 Å². The molecular formula is C22H21NO3. The maximum Gasteiger partial charge on any atom is 0.338 e. The summed E-state index contributed by atoms with van der Waals surface area (Å²) in [4.78, 5) is 11.9. The number of anilines is 1. The highest BCUT2D eigenvalue weighted by atomic mass is 16.5. The number of hydrogen-bond acceptors (Lipinski definition) is 4. The molecule has 0 aliphatic rings. The topological polar surface area (TPSA) is 47.6 Å². The smallest absolute Gasteiger partial charge is 0.338 e. The Kier molecular flexibility index (Phi) is 5.54. The molecule has 0 aromatic heterocycles. The van der Waals surface area contributed by atoms with E-state index in [9.17, 15) is 4.79 Å². The van der Waals surface area contributed by atoms with Crippen LogP contribution in [0.15, 0.2) is 72.8 Å². The van der Waals surface area contributed by atoms with Crippen LogP contribution in [0.2, 0.25) is 0 Å². The molecule has 1 N–H and O–H groups in total. The molecule has 4 heteroatoms. The molecule has 0 fully saturated rings. The van der Waals surface area contributed by atoms with Crippen LogP contribution in [0.5, 0.6) is 5.75 Å². The molecule has 0 atom stereocenters. The zero-order chi connectivity index (χ0) is 18.4. The molecule has 3 aromatic carbocycles. The van der Waals surface area contributed by atoms with Gasteiger partial charge < -0.3 is 14.8 Å². The molecule has 0 bridgehead atoms. The van der Waals surface area contributed by atoms with Crippen molar-refractivity contribution in [2.24, 2.45) is 0 Å². The van der Waals surface area contributed by atoms with E-state index in [4.69, 9.17) is 9.47 Å². The summed E-state index contributed by atoms with van der Waals surface area (Å²) in [5, 5.41) is 3.38. The molecule has 132 valence electrons. The Bertz CT molecular complexity index is 888. The lowest BCUT2D eigenvalue weighted by atomic mass is 9.98. The third kappa shape index (κ3) is 4.03. The highest BCUT2D eigenvalue weighted by Gasteiger charge is 2.12. The number of benzene rings is 3. The van der Waals surface area contributed by atoms with Gasteiger partial charge in [-0.15, -0.1) is 0 Å². The summed E-state index contributed by atoms with van der Waals surface area (Å²) in [6.45, 7) is 0.700. The Morgan fingerprint density at radius 1 is 0.923 bits per heavy atom. The van der Waals surface area contributed by atoms with Gasteiger partial charge in [0.15, 0.2) is 0 Å². The van der Waals surface area contributed by atoms with E-state index in [-0.39, 0.29) is 5.97 Å². The van der Waals surface area contributed by atoms with Crippen LogP contribution in [0.3, 0.4) is 0 Å². The monoisotopic (exact) mass is 347 g/mol. The quantitative estimate of drug-likeness (QED) is 0.653. The Morgan fingerprint density at radius 2 is 1.69 bits per heavy atom. The Balaban J connectivity index is 1.74. The van der Waals surface area contributed by atoms with Gasteiger partial charge in [-0.1, -0.05) is 48.5 Å². The number of methoxy groups -OCH3 is 2. The molecule has 26 heavy (non-hydrogen) atoms. The van der Waals surface area contributed by atoms with Crippen LogP contribution in [-0.2, 0) is 11.3 Å². The second-order valence-corrected chi connectivity index (χ2v) is 5.82. The van der Waals surface area contributed by atoms with Crippen LogP contribution in [-0.4, -0.2) is 20.2 Å². The van der Waals surface area contributed by atoms with Crippen molar-refractivity contribution < 1.29 is 14.3 Å². The molecule has 4 nitrogen and oxygen atoms in total. The minimum atomic E-state index is -0.329. The summed E-state index contributed by atoms with van der Waals surface area (Å²) in [5.74, 6) is 0.495. The summed E-state index contributed by atoms with van der Waals surface area (Å²) in [5.41, 5.74) is 4.57. The highest BCUT2D eigenvalue weighted by Crippen LogP contribution is 2.25. The van der Waals surface area contributed by atoms with Gasteiger partial charge in [0.2, 0.25) is 0 Å². The largest absolute Gasteiger partial charge is 0.497 e. The molecule has 0 aliphatic carbocycles. The predicted molar refractivity (Wildman–Crippen MR) is 104 cm³/mol. The minimum absolute atomic E-state index is 0.329. The predicted octanol–water partition coefficient (Wildman–Crippen LogP) is 4.76. The zero-order valence-electron chi connectivity index (χ0n) is 14.9. The van der Waals surface area contributed by atoms with Crippen molar-refractivity contribution in [3.05, 3.63) is 83.9 Å². The SMILES string of the molecule is COC(=O)c1ccccc1-c1ccc(CNc2cccc(OC)c2)cc1. The van der Waals surface area contributed by atoms with E-state index in [2.05, 4.69) is 17.4 Å². The summed E-state index contributed by atoms with van der Waals surface area (Å²) >= 11 is 0. The molecule has 0 saturated heterocycles. The van der Waals surface area contributed by atoms with E-state index in [0.29, 0.717) is 12.1 Å². The number of carbonyl (C=O) groups excluding carboxylic acids is 1. The van der Waals surface area contributed by atoms with Crippen LogP contribution >= 0.6 is 0 Å². The standard InChI is InChI=1S/C22H21NO3/c1-25-19-7-5-6-18(14-19)23-15-16-10-12-17(13-11-16)20-8-3-4-9-21(20)22(24)26-2/h3-14,23H,15H2,1-2H3. The number of ether oxygens (including phenoxy) is 2. The van der Waals surface area contributed by atoms with Gasteiger partial charge in [0.25, 0.3) is 0 Å². The van der Waals surface area contributed by atoms with E-state index in [1.54, 1.807) is 13.2 Å². The van der Waals surface area contributed by atoms with Crippen LogP contribution in [0.25, 0.3) is 11.1 Å². The maximum absolute atomic E-state index is 11.9.